The highest BCUT2D eigenvalue weighted by molar-refractivity contribution is 5.29. The maximum absolute atomic E-state index is 14.4. The largest absolute Gasteiger partial charge is 0.207 e. The quantitative estimate of drug-likeness (QED) is 0.260. The topological polar surface area (TPSA) is 0 Å². The van der Waals surface area contributed by atoms with Gasteiger partial charge in [-0.05, 0) is 116 Å². The van der Waals surface area contributed by atoms with Crippen molar-refractivity contribution in [1.82, 2.24) is 0 Å². The lowest BCUT2D eigenvalue weighted by molar-refractivity contribution is 0.310. The van der Waals surface area contributed by atoms with Crippen LogP contribution in [0.5, 0.6) is 0 Å². The molecule has 0 spiro atoms. The summed E-state index contributed by atoms with van der Waals surface area (Å²) >= 11 is 0. The number of rotatable bonds is 10. The smallest absolute Gasteiger partial charge is 0.126 e. The third-order valence-electron chi connectivity index (χ3n) is 7.98. The number of hydrogen-bond acceptors (Lipinski definition) is 0. The van der Waals surface area contributed by atoms with Crippen LogP contribution in [-0.2, 0) is 19.3 Å². The van der Waals surface area contributed by atoms with Crippen LogP contribution < -0.4 is 0 Å². The molecule has 35 heavy (non-hydrogen) atoms. The van der Waals surface area contributed by atoms with Crippen molar-refractivity contribution >= 4 is 0 Å². The monoisotopic (exact) mass is 468 g/mol. The number of allylic oxidation sites excluding steroid dienone is 2. The van der Waals surface area contributed by atoms with Crippen LogP contribution in [0, 0.1) is 11.7 Å². The molecule has 0 bridgehead atoms. The average Bonchev–Trinajstić information content (AvgIpc) is 2.90. The van der Waals surface area contributed by atoms with E-state index in [1.165, 1.54) is 48.8 Å². The van der Waals surface area contributed by atoms with Gasteiger partial charge >= 0.3 is 0 Å². The van der Waals surface area contributed by atoms with Gasteiger partial charge in [0.2, 0.25) is 0 Å². The Bertz CT molecular complexity index is 1060. The molecular formula is C34H41F. The molecule has 1 saturated carbocycles. The second-order valence-electron chi connectivity index (χ2n) is 10.5. The van der Waals surface area contributed by atoms with E-state index in [1.807, 2.05) is 19.1 Å². The van der Waals surface area contributed by atoms with E-state index in [2.05, 4.69) is 73.7 Å². The van der Waals surface area contributed by atoms with Crippen LogP contribution in [0.2, 0.25) is 0 Å². The van der Waals surface area contributed by atoms with Crippen LogP contribution in [0.4, 0.5) is 4.39 Å². The van der Waals surface area contributed by atoms with Gasteiger partial charge in [-0.25, -0.2) is 4.39 Å². The van der Waals surface area contributed by atoms with Gasteiger partial charge in [0.15, 0.2) is 0 Å². The van der Waals surface area contributed by atoms with Gasteiger partial charge in [0.05, 0.1) is 0 Å². The normalized spacial score (nSPS) is 19.2. The van der Waals surface area contributed by atoms with Crippen LogP contribution >= 0.6 is 0 Å². The van der Waals surface area contributed by atoms with E-state index in [0.717, 1.165) is 42.7 Å². The highest BCUT2D eigenvalue weighted by Gasteiger charge is 2.22. The van der Waals surface area contributed by atoms with Gasteiger partial charge in [0.25, 0.3) is 0 Å². The zero-order chi connectivity index (χ0) is 24.5. The molecule has 0 aliphatic heterocycles. The second-order valence-corrected chi connectivity index (χ2v) is 10.5. The minimum absolute atomic E-state index is 0.0303. The second kappa shape index (κ2) is 12.9. The van der Waals surface area contributed by atoms with Gasteiger partial charge in [0.1, 0.15) is 5.82 Å². The summed E-state index contributed by atoms with van der Waals surface area (Å²) in [5.74, 6) is 1.98. The van der Waals surface area contributed by atoms with E-state index in [0.29, 0.717) is 11.8 Å². The fourth-order valence-corrected chi connectivity index (χ4v) is 5.69. The Morgan fingerprint density at radius 3 is 2.26 bits per heavy atom. The molecule has 1 heteroatoms. The number of halogens is 1. The molecule has 0 unspecified atom stereocenters. The van der Waals surface area contributed by atoms with Crippen molar-refractivity contribution in [2.75, 3.05) is 0 Å². The van der Waals surface area contributed by atoms with Crippen LogP contribution in [0.3, 0.4) is 0 Å². The van der Waals surface area contributed by atoms with Crippen LogP contribution in [0.15, 0.2) is 84.9 Å². The molecule has 1 aliphatic rings. The van der Waals surface area contributed by atoms with Gasteiger partial charge in [0, 0.05) is 0 Å². The Labute approximate surface area is 212 Å². The first-order valence-electron chi connectivity index (χ1n) is 13.6. The molecular weight excluding hydrogens is 427 g/mol. The summed E-state index contributed by atoms with van der Waals surface area (Å²) in [6.45, 7) is 4.33. The van der Waals surface area contributed by atoms with E-state index in [1.54, 1.807) is 6.07 Å². The molecule has 0 aromatic heterocycles. The highest BCUT2D eigenvalue weighted by atomic mass is 19.1. The fourth-order valence-electron chi connectivity index (χ4n) is 5.69. The standard InChI is InChI=1S/C34H41F/c1-3-4-6-11-33-23-18-29(25-34(33)35)13-12-27-14-19-31(20-15-27)32-21-16-28(17-22-32)24-26(2)30-9-7-5-8-10-30/h3-5,7-10,16-18,21-23,25-27,31H,6,11-15,19-20,24H2,1-2H3/b4-3+/t26-,27?,31?/m0/s1. The first kappa shape index (κ1) is 25.4. The van der Waals surface area contributed by atoms with Gasteiger partial charge in [-0.15, -0.1) is 0 Å². The summed E-state index contributed by atoms with van der Waals surface area (Å²) in [7, 11) is 0. The zero-order valence-corrected chi connectivity index (χ0v) is 21.6. The van der Waals surface area contributed by atoms with Gasteiger partial charge in [-0.1, -0.05) is 85.8 Å². The van der Waals surface area contributed by atoms with E-state index in [9.17, 15) is 4.39 Å². The van der Waals surface area contributed by atoms with Crippen molar-refractivity contribution in [3.63, 3.8) is 0 Å². The average molecular weight is 469 g/mol. The first-order valence-corrected chi connectivity index (χ1v) is 13.6. The van der Waals surface area contributed by atoms with E-state index in [-0.39, 0.29) is 5.82 Å². The maximum Gasteiger partial charge on any atom is 0.126 e. The Kier molecular flexibility index (Phi) is 9.35. The molecule has 0 N–H and O–H groups in total. The van der Waals surface area contributed by atoms with Crippen molar-refractivity contribution in [3.8, 4) is 0 Å². The van der Waals surface area contributed by atoms with Crippen molar-refractivity contribution < 1.29 is 4.39 Å². The maximum atomic E-state index is 14.4. The molecule has 1 aliphatic carbocycles. The summed E-state index contributed by atoms with van der Waals surface area (Å²) in [6.07, 6.45) is 14.2. The lowest BCUT2D eigenvalue weighted by Gasteiger charge is -2.29. The fraction of sp³-hybridized carbons (Fsp3) is 0.412. The number of hydrogen-bond donors (Lipinski definition) is 0. The third-order valence-corrected chi connectivity index (χ3v) is 7.98. The van der Waals surface area contributed by atoms with Crippen molar-refractivity contribution in [2.24, 2.45) is 5.92 Å². The van der Waals surface area contributed by atoms with E-state index in [4.69, 9.17) is 0 Å². The SMILES string of the molecule is C/C=C/CCc1ccc(CCC2CCC(c3ccc(C[C@H](C)c4ccccc4)cc3)CC2)cc1F. The molecule has 1 atom stereocenters. The molecule has 0 nitrogen and oxygen atoms in total. The molecule has 0 amide bonds. The minimum Gasteiger partial charge on any atom is -0.207 e. The Morgan fingerprint density at radius 2 is 1.57 bits per heavy atom. The Balaban J connectivity index is 1.22. The molecule has 0 heterocycles. The number of benzene rings is 3. The predicted molar refractivity (Wildman–Crippen MR) is 148 cm³/mol. The third kappa shape index (κ3) is 7.40. The van der Waals surface area contributed by atoms with Crippen molar-refractivity contribution in [1.29, 1.82) is 0 Å². The highest BCUT2D eigenvalue weighted by Crippen LogP contribution is 2.38. The minimum atomic E-state index is -0.0303. The van der Waals surface area contributed by atoms with Crippen LogP contribution in [0.1, 0.15) is 92.0 Å². The zero-order valence-electron chi connectivity index (χ0n) is 21.6. The van der Waals surface area contributed by atoms with E-state index < -0.39 is 0 Å². The molecule has 4 rings (SSSR count). The molecule has 0 saturated heterocycles. The molecule has 1 fully saturated rings. The van der Waals surface area contributed by atoms with Crippen LogP contribution in [-0.4, -0.2) is 0 Å². The molecule has 3 aromatic carbocycles. The summed E-state index contributed by atoms with van der Waals surface area (Å²) in [5.41, 5.74) is 6.35. The summed E-state index contributed by atoms with van der Waals surface area (Å²) in [4.78, 5) is 0. The van der Waals surface area contributed by atoms with Gasteiger partial charge in [-0.3, -0.25) is 0 Å². The lowest BCUT2D eigenvalue weighted by atomic mass is 9.76. The lowest BCUT2D eigenvalue weighted by Crippen LogP contribution is -2.14. The van der Waals surface area contributed by atoms with E-state index >= 15 is 0 Å². The number of aryl methyl sites for hydroxylation is 2. The Morgan fingerprint density at radius 1 is 0.857 bits per heavy atom. The molecule has 0 radical (unpaired) electrons. The Hall–Kier alpha value is -2.67. The van der Waals surface area contributed by atoms with Crippen LogP contribution in [0.25, 0.3) is 0 Å². The molecule has 3 aromatic rings. The van der Waals surface area contributed by atoms with Gasteiger partial charge in [-0.2, -0.15) is 0 Å². The van der Waals surface area contributed by atoms with Crippen molar-refractivity contribution in [2.45, 2.75) is 83.5 Å². The summed E-state index contributed by atoms with van der Waals surface area (Å²) < 4.78 is 14.4. The van der Waals surface area contributed by atoms with Crippen molar-refractivity contribution in [3.05, 3.63) is 119 Å². The summed E-state index contributed by atoms with van der Waals surface area (Å²) in [5, 5.41) is 0. The predicted octanol–water partition coefficient (Wildman–Crippen LogP) is 9.59. The molecule has 184 valence electrons. The summed E-state index contributed by atoms with van der Waals surface area (Å²) in [6, 6.07) is 26.2. The first-order chi connectivity index (χ1) is 17.1. The van der Waals surface area contributed by atoms with Gasteiger partial charge < -0.3 is 0 Å².